The summed E-state index contributed by atoms with van der Waals surface area (Å²) < 4.78 is 0. The molecule has 0 aliphatic carbocycles. The molecular weight excluding hydrogens is 274 g/mol. The predicted octanol–water partition coefficient (Wildman–Crippen LogP) is 3.04. The summed E-state index contributed by atoms with van der Waals surface area (Å²) in [5.74, 6) is 0.0171. The molecule has 0 aliphatic rings. The highest BCUT2D eigenvalue weighted by atomic mass is 35.5. The Balaban J connectivity index is 2.43. The fourth-order valence-corrected chi connectivity index (χ4v) is 2.18. The number of halogens is 1. The molecule has 4 heteroatoms. The fraction of sp³-hybridized carbons (Fsp3) is 0.562. The van der Waals surface area contributed by atoms with Crippen LogP contribution in [0.2, 0.25) is 5.02 Å². The summed E-state index contributed by atoms with van der Waals surface area (Å²) in [5, 5.41) is 13.3. The molecule has 20 heavy (non-hydrogen) atoms. The zero-order valence-corrected chi connectivity index (χ0v) is 13.2. The summed E-state index contributed by atoms with van der Waals surface area (Å²) in [7, 11) is 0. The summed E-state index contributed by atoms with van der Waals surface area (Å²) in [6.07, 6.45) is 1.06. The van der Waals surface area contributed by atoms with Crippen molar-refractivity contribution >= 4 is 17.5 Å². The molecular formula is C16H24ClNO2. The van der Waals surface area contributed by atoms with E-state index in [-0.39, 0.29) is 17.7 Å². The van der Waals surface area contributed by atoms with Crippen LogP contribution in [0.5, 0.6) is 0 Å². The van der Waals surface area contributed by atoms with Crippen molar-refractivity contribution < 1.29 is 9.90 Å². The molecule has 3 atom stereocenters. The third-order valence-corrected chi connectivity index (χ3v) is 3.90. The minimum atomic E-state index is -0.484. The maximum atomic E-state index is 12.0. The van der Waals surface area contributed by atoms with E-state index in [2.05, 4.69) is 5.32 Å². The second-order valence-electron chi connectivity index (χ2n) is 5.43. The molecule has 0 fully saturated rings. The van der Waals surface area contributed by atoms with Crippen LogP contribution in [0.3, 0.4) is 0 Å². The van der Waals surface area contributed by atoms with Gasteiger partial charge in [0.05, 0.1) is 6.10 Å². The lowest BCUT2D eigenvalue weighted by Gasteiger charge is -2.19. The van der Waals surface area contributed by atoms with Crippen molar-refractivity contribution in [3.8, 4) is 0 Å². The van der Waals surface area contributed by atoms with Crippen molar-refractivity contribution in [2.75, 3.05) is 6.54 Å². The molecule has 1 amide bonds. The Kier molecular flexibility index (Phi) is 7.03. The van der Waals surface area contributed by atoms with Crippen molar-refractivity contribution in [3.05, 3.63) is 34.9 Å². The summed E-state index contributed by atoms with van der Waals surface area (Å²) in [5.41, 5.74) is 1.04. The Labute approximate surface area is 126 Å². The first kappa shape index (κ1) is 17.0. The number of carbonyl (C=O) groups excluding carboxylic acids is 1. The van der Waals surface area contributed by atoms with Gasteiger partial charge in [0.1, 0.15) is 0 Å². The van der Waals surface area contributed by atoms with Gasteiger partial charge in [0.15, 0.2) is 0 Å². The van der Waals surface area contributed by atoms with Crippen molar-refractivity contribution in [1.82, 2.24) is 5.32 Å². The van der Waals surface area contributed by atoms with E-state index in [1.807, 2.05) is 45.0 Å². The number of rotatable bonds is 7. The van der Waals surface area contributed by atoms with Gasteiger partial charge >= 0.3 is 0 Å². The summed E-state index contributed by atoms with van der Waals surface area (Å²) in [6.45, 7) is 6.20. The largest absolute Gasteiger partial charge is 0.391 e. The van der Waals surface area contributed by atoms with Crippen LogP contribution in [0.4, 0.5) is 0 Å². The molecule has 3 nitrogen and oxygen atoms in total. The van der Waals surface area contributed by atoms with E-state index in [4.69, 9.17) is 11.6 Å². The zero-order valence-electron chi connectivity index (χ0n) is 12.4. The number of aliphatic hydroxyl groups excluding tert-OH is 1. The average Bonchev–Trinajstić information content (AvgIpc) is 2.43. The molecule has 0 radical (unpaired) electrons. The van der Waals surface area contributed by atoms with Crippen LogP contribution in [0.25, 0.3) is 0 Å². The molecule has 1 rings (SSSR count). The summed E-state index contributed by atoms with van der Waals surface area (Å²) in [6, 6.07) is 7.54. The van der Waals surface area contributed by atoms with Crippen LogP contribution in [0, 0.1) is 11.8 Å². The molecule has 1 aromatic carbocycles. The minimum Gasteiger partial charge on any atom is -0.391 e. The van der Waals surface area contributed by atoms with Gasteiger partial charge in [-0.15, -0.1) is 0 Å². The number of amides is 1. The van der Waals surface area contributed by atoms with Crippen molar-refractivity contribution in [3.63, 3.8) is 0 Å². The molecule has 112 valence electrons. The van der Waals surface area contributed by atoms with E-state index >= 15 is 0 Å². The quantitative estimate of drug-likeness (QED) is 0.813. The smallest absolute Gasteiger partial charge is 0.223 e. The highest BCUT2D eigenvalue weighted by molar-refractivity contribution is 6.30. The molecule has 0 bridgehead atoms. The lowest BCUT2D eigenvalue weighted by atomic mass is 9.99. The molecule has 0 aromatic heterocycles. The van der Waals surface area contributed by atoms with E-state index < -0.39 is 6.10 Å². The highest BCUT2D eigenvalue weighted by Gasteiger charge is 2.17. The van der Waals surface area contributed by atoms with Crippen molar-refractivity contribution in [2.24, 2.45) is 11.8 Å². The van der Waals surface area contributed by atoms with Gasteiger partial charge in [0.25, 0.3) is 0 Å². The number of hydrogen-bond acceptors (Lipinski definition) is 2. The van der Waals surface area contributed by atoms with Gasteiger partial charge in [-0.2, -0.15) is 0 Å². The summed E-state index contributed by atoms with van der Waals surface area (Å²) in [4.78, 5) is 12.0. The molecule has 0 saturated heterocycles. The third kappa shape index (κ3) is 5.51. The second kappa shape index (κ2) is 8.28. The van der Waals surface area contributed by atoms with Crippen LogP contribution < -0.4 is 5.32 Å². The third-order valence-electron chi connectivity index (χ3n) is 3.66. The summed E-state index contributed by atoms with van der Waals surface area (Å²) >= 11 is 5.93. The van der Waals surface area contributed by atoms with Crippen LogP contribution >= 0.6 is 11.6 Å². The van der Waals surface area contributed by atoms with E-state index in [0.29, 0.717) is 18.0 Å². The van der Waals surface area contributed by atoms with Crippen LogP contribution in [0.15, 0.2) is 24.3 Å². The number of nitrogens with one attached hydrogen (secondary N) is 1. The normalized spacial score (nSPS) is 15.4. The maximum Gasteiger partial charge on any atom is 0.223 e. The van der Waals surface area contributed by atoms with Gasteiger partial charge in [-0.1, -0.05) is 50.9 Å². The van der Waals surface area contributed by atoms with Gasteiger partial charge in [-0.25, -0.2) is 0 Å². The second-order valence-corrected chi connectivity index (χ2v) is 5.87. The first-order chi connectivity index (χ1) is 9.43. The van der Waals surface area contributed by atoms with Crippen LogP contribution in [-0.4, -0.2) is 23.7 Å². The SMILES string of the molecule is CCC(C)C(O)CNC(=O)C(C)Cc1cccc(Cl)c1. The lowest BCUT2D eigenvalue weighted by Crippen LogP contribution is -2.38. The predicted molar refractivity (Wildman–Crippen MR) is 82.8 cm³/mol. The first-order valence-corrected chi connectivity index (χ1v) is 7.52. The lowest BCUT2D eigenvalue weighted by molar-refractivity contribution is -0.125. The number of benzene rings is 1. The highest BCUT2D eigenvalue weighted by Crippen LogP contribution is 2.14. The molecule has 3 unspecified atom stereocenters. The molecule has 1 aromatic rings. The minimum absolute atomic E-state index is 0.0349. The average molecular weight is 298 g/mol. The van der Waals surface area contributed by atoms with Crippen molar-refractivity contribution in [1.29, 1.82) is 0 Å². The Morgan fingerprint density at radius 2 is 2.10 bits per heavy atom. The topological polar surface area (TPSA) is 49.3 Å². The number of carbonyl (C=O) groups is 1. The first-order valence-electron chi connectivity index (χ1n) is 7.14. The van der Waals surface area contributed by atoms with Crippen LogP contribution in [-0.2, 0) is 11.2 Å². The monoisotopic (exact) mass is 297 g/mol. The van der Waals surface area contributed by atoms with Crippen LogP contribution in [0.1, 0.15) is 32.8 Å². The molecule has 0 spiro atoms. The van der Waals surface area contributed by atoms with Gasteiger partial charge in [-0.3, -0.25) is 4.79 Å². The van der Waals surface area contributed by atoms with E-state index in [9.17, 15) is 9.90 Å². The Hall–Kier alpha value is -1.06. The fourth-order valence-electron chi connectivity index (χ4n) is 1.96. The Morgan fingerprint density at radius 3 is 2.70 bits per heavy atom. The van der Waals surface area contributed by atoms with Gasteiger partial charge < -0.3 is 10.4 Å². The standard InChI is InChI=1S/C16H24ClNO2/c1-4-11(2)15(19)10-18-16(20)12(3)8-13-6-5-7-14(17)9-13/h5-7,9,11-12,15,19H,4,8,10H2,1-3H3,(H,18,20). The van der Waals surface area contributed by atoms with Gasteiger partial charge in [0.2, 0.25) is 5.91 Å². The molecule has 0 aliphatic heterocycles. The molecule has 0 heterocycles. The maximum absolute atomic E-state index is 12.0. The van der Waals surface area contributed by atoms with Gasteiger partial charge in [0, 0.05) is 17.5 Å². The van der Waals surface area contributed by atoms with E-state index in [0.717, 1.165) is 12.0 Å². The molecule has 0 saturated carbocycles. The van der Waals surface area contributed by atoms with E-state index in [1.54, 1.807) is 0 Å². The van der Waals surface area contributed by atoms with Crippen molar-refractivity contribution in [2.45, 2.75) is 39.7 Å². The number of aliphatic hydroxyl groups is 1. The number of hydrogen-bond donors (Lipinski definition) is 2. The zero-order chi connectivity index (χ0) is 15.1. The Bertz CT molecular complexity index is 436. The van der Waals surface area contributed by atoms with Gasteiger partial charge in [-0.05, 0) is 30.0 Å². The Morgan fingerprint density at radius 1 is 1.40 bits per heavy atom. The van der Waals surface area contributed by atoms with E-state index in [1.165, 1.54) is 0 Å². The molecule has 2 N–H and O–H groups in total.